The molecule has 100 valence electrons. The van der Waals surface area contributed by atoms with Crippen LogP contribution < -0.4 is 5.73 Å². The Kier molecular flexibility index (Phi) is 4.65. The highest BCUT2D eigenvalue weighted by atomic mass is 79.9. The highest BCUT2D eigenvalue weighted by molar-refractivity contribution is 9.11. The predicted octanol–water partition coefficient (Wildman–Crippen LogP) is 4.13. The zero-order chi connectivity index (χ0) is 14.0. The normalized spacial score (nSPS) is 12.5. The van der Waals surface area contributed by atoms with Gasteiger partial charge in [0.2, 0.25) is 0 Å². The third-order valence-corrected chi connectivity index (χ3v) is 3.68. The maximum absolute atomic E-state index is 13.1. The van der Waals surface area contributed by atoms with Gasteiger partial charge in [-0.3, -0.25) is 0 Å². The third kappa shape index (κ3) is 3.81. The number of nitrogens with zero attached hydrogens (tertiary/aromatic N) is 1. The fourth-order valence-electron chi connectivity index (χ4n) is 1.77. The van der Waals surface area contributed by atoms with Gasteiger partial charge in [0.05, 0.1) is 11.7 Å². The van der Waals surface area contributed by atoms with E-state index in [0.29, 0.717) is 22.3 Å². The summed E-state index contributed by atoms with van der Waals surface area (Å²) in [5.74, 6) is -1.22. The van der Waals surface area contributed by atoms with E-state index in [4.69, 9.17) is 5.73 Å². The van der Waals surface area contributed by atoms with Gasteiger partial charge in [-0.2, -0.15) is 0 Å². The maximum Gasteiger partial charge on any atom is 0.126 e. The highest BCUT2D eigenvalue weighted by Gasteiger charge is 2.14. The van der Waals surface area contributed by atoms with Crippen LogP contribution >= 0.6 is 31.9 Å². The van der Waals surface area contributed by atoms with Crippen LogP contribution in [0.2, 0.25) is 0 Å². The van der Waals surface area contributed by atoms with Crippen molar-refractivity contribution in [1.29, 1.82) is 0 Å². The first kappa shape index (κ1) is 14.6. The fraction of sp³-hybridized carbons (Fsp3) is 0.154. The lowest BCUT2D eigenvalue weighted by atomic mass is 10.0. The molecule has 1 atom stereocenters. The summed E-state index contributed by atoms with van der Waals surface area (Å²) in [6, 6.07) is 6.53. The molecule has 0 amide bonds. The van der Waals surface area contributed by atoms with Gasteiger partial charge < -0.3 is 5.73 Å². The molecular weight excluding hydrogens is 382 g/mol. The zero-order valence-corrected chi connectivity index (χ0v) is 12.9. The standard InChI is InChI=1S/C13H10Br2F2N2/c14-10-1-2-12(15)19-13(10)11(18)5-7-3-8(16)6-9(17)4-7/h1-4,6,11H,5,18H2. The van der Waals surface area contributed by atoms with Crippen LogP contribution in [0, 0.1) is 11.6 Å². The molecule has 0 bridgehead atoms. The summed E-state index contributed by atoms with van der Waals surface area (Å²) < 4.78 is 27.6. The van der Waals surface area contributed by atoms with Crippen molar-refractivity contribution in [3.05, 3.63) is 62.3 Å². The Labute approximate surface area is 126 Å². The molecule has 2 rings (SSSR count). The average molecular weight is 392 g/mol. The SMILES string of the molecule is NC(Cc1cc(F)cc(F)c1)c1nc(Br)ccc1Br. The van der Waals surface area contributed by atoms with Gasteiger partial charge in [0.25, 0.3) is 0 Å². The molecule has 6 heteroatoms. The Bertz CT molecular complexity index is 585. The quantitative estimate of drug-likeness (QED) is 0.799. The van der Waals surface area contributed by atoms with E-state index in [1.54, 1.807) is 6.07 Å². The van der Waals surface area contributed by atoms with Crippen molar-refractivity contribution < 1.29 is 8.78 Å². The van der Waals surface area contributed by atoms with Crippen LogP contribution in [0.3, 0.4) is 0 Å². The highest BCUT2D eigenvalue weighted by Crippen LogP contribution is 2.25. The second-order valence-electron chi connectivity index (χ2n) is 4.09. The van der Waals surface area contributed by atoms with Gasteiger partial charge in [0, 0.05) is 10.5 Å². The summed E-state index contributed by atoms with van der Waals surface area (Å²) in [5.41, 5.74) is 7.18. The summed E-state index contributed by atoms with van der Waals surface area (Å²) >= 11 is 6.63. The molecule has 19 heavy (non-hydrogen) atoms. The monoisotopic (exact) mass is 390 g/mol. The van der Waals surface area contributed by atoms with Crippen molar-refractivity contribution >= 4 is 31.9 Å². The Morgan fingerprint density at radius 1 is 1.11 bits per heavy atom. The molecule has 1 aromatic carbocycles. The summed E-state index contributed by atoms with van der Waals surface area (Å²) in [5, 5.41) is 0. The van der Waals surface area contributed by atoms with Crippen LogP contribution in [0.5, 0.6) is 0 Å². The van der Waals surface area contributed by atoms with Gasteiger partial charge in [-0.05, 0) is 68.1 Å². The molecule has 2 N–H and O–H groups in total. The van der Waals surface area contributed by atoms with Crippen molar-refractivity contribution in [1.82, 2.24) is 4.98 Å². The second-order valence-corrected chi connectivity index (χ2v) is 5.76. The zero-order valence-electron chi connectivity index (χ0n) is 9.71. The van der Waals surface area contributed by atoms with Crippen LogP contribution in [0.25, 0.3) is 0 Å². The Balaban J connectivity index is 2.25. The summed E-state index contributed by atoms with van der Waals surface area (Å²) in [6.45, 7) is 0. The number of hydrogen-bond donors (Lipinski definition) is 1. The Morgan fingerprint density at radius 2 is 1.74 bits per heavy atom. The molecule has 0 aliphatic heterocycles. The Morgan fingerprint density at radius 3 is 2.37 bits per heavy atom. The number of aromatic nitrogens is 1. The van der Waals surface area contributed by atoms with Gasteiger partial charge in [-0.1, -0.05) is 0 Å². The minimum absolute atomic E-state index is 0.302. The van der Waals surface area contributed by atoms with Gasteiger partial charge in [0.15, 0.2) is 0 Å². The Hall–Kier alpha value is -0.850. The molecule has 2 aromatic rings. The number of nitrogens with two attached hydrogens (primary N) is 1. The smallest absolute Gasteiger partial charge is 0.126 e. The summed E-state index contributed by atoms with van der Waals surface area (Å²) in [6.07, 6.45) is 0.302. The molecule has 0 saturated carbocycles. The molecule has 0 radical (unpaired) electrons. The van der Waals surface area contributed by atoms with Crippen molar-refractivity contribution in [2.24, 2.45) is 5.73 Å². The van der Waals surface area contributed by atoms with E-state index in [-0.39, 0.29) is 0 Å². The van der Waals surface area contributed by atoms with Gasteiger partial charge in [0.1, 0.15) is 16.2 Å². The van der Waals surface area contributed by atoms with E-state index >= 15 is 0 Å². The third-order valence-electron chi connectivity index (χ3n) is 2.57. The molecule has 1 heterocycles. The summed E-state index contributed by atoms with van der Waals surface area (Å²) in [4.78, 5) is 4.27. The van der Waals surface area contributed by atoms with Crippen LogP contribution in [0.1, 0.15) is 17.3 Å². The fourth-order valence-corrected chi connectivity index (χ4v) is 2.61. The first-order valence-electron chi connectivity index (χ1n) is 5.48. The number of benzene rings is 1. The molecule has 0 aliphatic carbocycles. The van der Waals surface area contributed by atoms with Crippen LogP contribution in [0.15, 0.2) is 39.4 Å². The largest absolute Gasteiger partial charge is 0.322 e. The van der Waals surface area contributed by atoms with Crippen LogP contribution in [0.4, 0.5) is 8.78 Å². The lowest BCUT2D eigenvalue weighted by Crippen LogP contribution is -2.16. The maximum atomic E-state index is 13.1. The van der Waals surface area contributed by atoms with E-state index in [9.17, 15) is 8.78 Å². The van der Waals surface area contributed by atoms with Crippen molar-refractivity contribution in [3.8, 4) is 0 Å². The number of rotatable bonds is 3. The first-order valence-corrected chi connectivity index (χ1v) is 7.07. The van der Waals surface area contributed by atoms with E-state index in [0.717, 1.165) is 10.5 Å². The molecule has 1 aromatic heterocycles. The average Bonchev–Trinajstić information content (AvgIpc) is 2.30. The van der Waals surface area contributed by atoms with E-state index in [1.807, 2.05) is 6.07 Å². The number of halogens is 4. The lowest BCUT2D eigenvalue weighted by molar-refractivity contribution is 0.575. The van der Waals surface area contributed by atoms with Gasteiger partial charge in [-0.25, -0.2) is 13.8 Å². The minimum atomic E-state index is -0.608. The molecule has 0 fully saturated rings. The molecule has 0 saturated heterocycles. The summed E-state index contributed by atoms with van der Waals surface area (Å²) in [7, 11) is 0. The second kappa shape index (κ2) is 6.07. The van der Waals surface area contributed by atoms with E-state index in [1.165, 1.54) is 12.1 Å². The van der Waals surface area contributed by atoms with Crippen LogP contribution in [-0.4, -0.2) is 4.98 Å². The molecule has 0 spiro atoms. The molecule has 1 unspecified atom stereocenters. The topological polar surface area (TPSA) is 38.9 Å². The molecule has 0 aliphatic rings. The van der Waals surface area contributed by atoms with E-state index < -0.39 is 17.7 Å². The van der Waals surface area contributed by atoms with Gasteiger partial charge in [-0.15, -0.1) is 0 Å². The van der Waals surface area contributed by atoms with Crippen molar-refractivity contribution in [2.45, 2.75) is 12.5 Å². The van der Waals surface area contributed by atoms with E-state index in [2.05, 4.69) is 36.8 Å². The molecule has 2 nitrogen and oxygen atoms in total. The number of hydrogen-bond acceptors (Lipinski definition) is 2. The predicted molar refractivity (Wildman–Crippen MR) is 76.6 cm³/mol. The number of pyridine rings is 1. The first-order chi connectivity index (χ1) is 8.95. The van der Waals surface area contributed by atoms with Crippen molar-refractivity contribution in [2.75, 3.05) is 0 Å². The minimum Gasteiger partial charge on any atom is -0.322 e. The molecular formula is C13H10Br2F2N2. The van der Waals surface area contributed by atoms with Gasteiger partial charge >= 0.3 is 0 Å². The lowest BCUT2D eigenvalue weighted by Gasteiger charge is -2.13. The van der Waals surface area contributed by atoms with Crippen LogP contribution in [-0.2, 0) is 6.42 Å². The van der Waals surface area contributed by atoms with Crippen molar-refractivity contribution in [3.63, 3.8) is 0 Å².